The number of nitrogens with zero attached hydrogens (tertiary/aromatic N) is 5. The summed E-state index contributed by atoms with van der Waals surface area (Å²) < 4.78 is 8.06. The molecule has 6 rings (SSSR count). The van der Waals surface area contributed by atoms with Crippen LogP contribution in [0.15, 0.2) is 42.7 Å². The topological polar surface area (TPSA) is 84.5 Å². The van der Waals surface area contributed by atoms with Gasteiger partial charge in [0.15, 0.2) is 0 Å². The Hall–Kier alpha value is -3.49. The largest absolute Gasteiger partial charge is 0.490 e. The van der Waals surface area contributed by atoms with Crippen LogP contribution in [0.5, 0.6) is 5.75 Å². The van der Waals surface area contributed by atoms with Crippen LogP contribution >= 0.6 is 11.6 Å². The molecule has 1 unspecified atom stereocenters. The van der Waals surface area contributed by atoms with E-state index in [1.165, 1.54) is 0 Å². The van der Waals surface area contributed by atoms with Crippen LogP contribution in [0.3, 0.4) is 0 Å². The highest BCUT2D eigenvalue weighted by Gasteiger charge is 2.25. The minimum Gasteiger partial charge on any atom is -0.490 e. The van der Waals surface area contributed by atoms with Crippen molar-refractivity contribution in [3.8, 4) is 17.0 Å². The van der Waals surface area contributed by atoms with Crippen LogP contribution in [0.25, 0.3) is 22.2 Å². The van der Waals surface area contributed by atoms with E-state index in [1.807, 2.05) is 18.2 Å². The summed E-state index contributed by atoms with van der Waals surface area (Å²) in [5.74, 6) is 1.35. The maximum atomic E-state index is 6.60. The van der Waals surface area contributed by atoms with Gasteiger partial charge in [0.25, 0.3) is 0 Å². The van der Waals surface area contributed by atoms with Crippen LogP contribution in [0.1, 0.15) is 12.0 Å². The molecule has 186 valence electrons. The van der Waals surface area contributed by atoms with E-state index in [1.54, 1.807) is 6.20 Å². The van der Waals surface area contributed by atoms with Gasteiger partial charge in [0.05, 0.1) is 40.3 Å². The lowest BCUT2D eigenvalue weighted by Gasteiger charge is -2.28. The zero-order valence-electron chi connectivity index (χ0n) is 20.8. The van der Waals surface area contributed by atoms with Crippen LogP contribution in [-0.4, -0.2) is 59.3 Å². The third kappa shape index (κ3) is 3.90. The van der Waals surface area contributed by atoms with E-state index in [4.69, 9.17) is 27.1 Å². The molecule has 1 fully saturated rings. The Morgan fingerprint density at radius 1 is 1.25 bits per heavy atom. The summed E-state index contributed by atoms with van der Waals surface area (Å²) in [6, 6.07) is 10.6. The highest BCUT2D eigenvalue weighted by molar-refractivity contribution is 6.33. The number of hydrogen-bond donors (Lipinski definition) is 2. The zero-order chi connectivity index (χ0) is 25.0. The first-order valence-corrected chi connectivity index (χ1v) is 12.6. The summed E-state index contributed by atoms with van der Waals surface area (Å²) in [6.07, 6.45) is 4.88. The van der Waals surface area contributed by atoms with E-state index in [0.717, 1.165) is 70.9 Å². The van der Waals surface area contributed by atoms with Crippen molar-refractivity contribution in [3.05, 3.63) is 53.3 Å². The van der Waals surface area contributed by atoms with Crippen LogP contribution in [0.4, 0.5) is 23.0 Å². The Morgan fingerprint density at radius 3 is 2.92 bits per heavy atom. The molecule has 0 saturated carbocycles. The number of aromatic nitrogens is 3. The lowest BCUT2D eigenvalue weighted by molar-refractivity contribution is 0.287. The fourth-order valence-electron chi connectivity index (χ4n) is 5.37. The lowest BCUT2D eigenvalue weighted by atomic mass is 10.1. The number of anilines is 4. The van der Waals surface area contributed by atoms with Gasteiger partial charge >= 0.3 is 0 Å². The molecular formula is C27H30ClN7O. The van der Waals surface area contributed by atoms with Crippen LogP contribution < -0.4 is 20.7 Å². The molecule has 2 aliphatic heterocycles. The van der Waals surface area contributed by atoms with E-state index in [-0.39, 0.29) is 0 Å². The SMILES string of the molecule is Cc1cc(N(C)C2CCN(C)C2)c(N)cc1Nc1ncc(Cl)c(-c2cn3c4c(cccc24)OCC3)n1. The van der Waals surface area contributed by atoms with Gasteiger partial charge in [-0.25, -0.2) is 9.97 Å². The fourth-order valence-corrected chi connectivity index (χ4v) is 5.57. The summed E-state index contributed by atoms with van der Waals surface area (Å²) in [4.78, 5) is 13.9. The van der Waals surface area contributed by atoms with Crippen LogP contribution in [0, 0.1) is 6.92 Å². The number of nitrogens with two attached hydrogens (primary N) is 1. The van der Waals surface area contributed by atoms with Gasteiger partial charge in [-0.2, -0.15) is 0 Å². The van der Waals surface area contributed by atoms with Gasteiger partial charge in [-0.05, 0) is 50.7 Å². The summed E-state index contributed by atoms with van der Waals surface area (Å²) in [5.41, 5.74) is 13.0. The number of benzene rings is 2. The maximum Gasteiger partial charge on any atom is 0.227 e. The van der Waals surface area contributed by atoms with Gasteiger partial charge in [0.2, 0.25) is 5.95 Å². The first kappa shape index (κ1) is 22.9. The monoisotopic (exact) mass is 503 g/mol. The summed E-state index contributed by atoms with van der Waals surface area (Å²) in [7, 11) is 4.29. The lowest BCUT2D eigenvalue weighted by Crippen LogP contribution is -2.34. The first-order valence-electron chi connectivity index (χ1n) is 12.2. The van der Waals surface area contributed by atoms with Crippen molar-refractivity contribution in [2.24, 2.45) is 0 Å². The molecule has 2 aromatic carbocycles. The molecule has 0 radical (unpaired) electrons. The third-order valence-corrected chi connectivity index (χ3v) is 7.64. The van der Waals surface area contributed by atoms with Crippen LogP contribution in [0.2, 0.25) is 5.02 Å². The highest BCUT2D eigenvalue weighted by Crippen LogP contribution is 2.39. The standard InChI is InChI=1S/C27H30ClN7O/c1-16-11-23(34(3)17-7-8-33(2)14-17)21(29)12-22(16)31-27-30-13-20(28)25(32-27)19-15-35-9-10-36-24-6-4-5-18(19)26(24)35/h4-6,11-13,15,17H,7-10,14,29H2,1-3H3,(H,30,31,32). The summed E-state index contributed by atoms with van der Waals surface area (Å²) in [5, 5.41) is 4.93. The molecule has 0 bridgehead atoms. The predicted molar refractivity (Wildman–Crippen MR) is 147 cm³/mol. The highest BCUT2D eigenvalue weighted by atomic mass is 35.5. The number of rotatable bonds is 5. The Morgan fingerprint density at radius 2 is 2.11 bits per heavy atom. The zero-order valence-corrected chi connectivity index (χ0v) is 21.5. The van der Waals surface area contributed by atoms with E-state index in [0.29, 0.717) is 29.3 Å². The van der Waals surface area contributed by atoms with Crippen molar-refractivity contribution in [2.75, 3.05) is 49.7 Å². The van der Waals surface area contributed by atoms with Crippen molar-refractivity contribution < 1.29 is 4.74 Å². The number of likely N-dealkylation sites (tertiary alicyclic amines) is 1. The molecule has 4 heterocycles. The molecule has 1 saturated heterocycles. The Balaban J connectivity index is 1.32. The van der Waals surface area contributed by atoms with Crippen molar-refractivity contribution in [1.82, 2.24) is 19.4 Å². The fraction of sp³-hybridized carbons (Fsp3) is 0.333. The number of hydrogen-bond acceptors (Lipinski definition) is 7. The Kier molecular flexibility index (Phi) is 5.65. The second kappa shape index (κ2) is 8.87. The average Bonchev–Trinajstić information content (AvgIpc) is 3.47. The smallest absolute Gasteiger partial charge is 0.227 e. The number of halogens is 1. The van der Waals surface area contributed by atoms with E-state index < -0.39 is 0 Å². The van der Waals surface area contributed by atoms with Gasteiger partial charge in [0.1, 0.15) is 12.4 Å². The number of para-hydroxylation sites is 1. The quantitative estimate of drug-likeness (QED) is 0.374. The number of nitrogen functional groups attached to an aromatic ring is 1. The number of likely N-dealkylation sites (N-methyl/N-ethyl adjacent to an activating group) is 2. The molecule has 8 nitrogen and oxygen atoms in total. The summed E-state index contributed by atoms with van der Waals surface area (Å²) in [6.45, 7) is 5.66. The van der Waals surface area contributed by atoms with Crippen LogP contribution in [-0.2, 0) is 6.54 Å². The van der Waals surface area contributed by atoms with Gasteiger partial charge in [-0.15, -0.1) is 0 Å². The molecule has 0 aliphatic carbocycles. The van der Waals surface area contributed by atoms with Crippen molar-refractivity contribution in [1.29, 1.82) is 0 Å². The molecule has 2 aliphatic rings. The molecule has 0 amide bonds. The predicted octanol–water partition coefficient (Wildman–Crippen LogP) is 4.92. The third-order valence-electron chi connectivity index (χ3n) is 7.36. The van der Waals surface area contributed by atoms with Crippen molar-refractivity contribution >= 4 is 45.5 Å². The van der Waals surface area contributed by atoms with E-state index in [9.17, 15) is 0 Å². The van der Waals surface area contributed by atoms with E-state index in [2.05, 4.69) is 64.0 Å². The second-order valence-corrected chi connectivity index (χ2v) is 10.2. The number of aryl methyl sites for hydroxylation is 1. The molecule has 1 atom stereocenters. The average molecular weight is 504 g/mol. The normalized spacial score (nSPS) is 17.4. The molecule has 2 aromatic heterocycles. The van der Waals surface area contributed by atoms with Gasteiger partial charge < -0.3 is 30.2 Å². The Bertz CT molecular complexity index is 1470. The molecule has 9 heteroatoms. The number of nitrogens with one attached hydrogen (secondary N) is 1. The van der Waals surface area contributed by atoms with Crippen molar-refractivity contribution in [3.63, 3.8) is 0 Å². The maximum absolute atomic E-state index is 6.60. The van der Waals surface area contributed by atoms with Gasteiger partial charge in [-0.1, -0.05) is 23.7 Å². The number of ether oxygens (including phenoxy) is 1. The minimum atomic E-state index is 0.460. The van der Waals surface area contributed by atoms with Gasteiger partial charge in [0, 0.05) is 42.5 Å². The van der Waals surface area contributed by atoms with E-state index >= 15 is 0 Å². The first-order chi connectivity index (χ1) is 17.4. The minimum absolute atomic E-state index is 0.460. The summed E-state index contributed by atoms with van der Waals surface area (Å²) >= 11 is 6.60. The second-order valence-electron chi connectivity index (χ2n) is 9.79. The molecule has 4 aromatic rings. The molecule has 0 spiro atoms. The van der Waals surface area contributed by atoms with Crippen molar-refractivity contribution in [2.45, 2.75) is 25.9 Å². The molecule has 3 N–H and O–H groups in total. The van der Waals surface area contributed by atoms with Gasteiger partial charge in [-0.3, -0.25) is 0 Å². The molecule has 36 heavy (non-hydrogen) atoms. The Labute approximate surface area is 215 Å². The molecular weight excluding hydrogens is 474 g/mol.